The van der Waals surface area contributed by atoms with Crippen LogP contribution in [0.2, 0.25) is 0 Å². The lowest BCUT2D eigenvalue weighted by Gasteiger charge is -2.08. The molecule has 2 aromatic rings. The van der Waals surface area contributed by atoms with E-state index in [1.165, 1.54) is 12.1 Å². The van der Waals surface area contributed by atoms with Crippen molar-refractivity contribution in [1.82, 2.24) is 0 Å². The van der Waals surface area contributed by atoms with E-state index < -0.39 is 17.5 Å². The first-order chi connectivity index (χ1) is 9.47. The van der Waals surface area contributed by atoms with Crippen molar-refractivity contribution in [3.8, 4) is 5.75 Å². The highest BCUT2D eigenvalue weighted by molar-refractivity contribution is 6.00. The third-order valence-corrected chi connectivity index (χ3v) is 2.62. The Morgan fingerprint density at radius 2 is 1.55 bits per heavy atom. The topological polar surface area (TPSA) is 26.3 Å². The van der Waals surface area contributed by atoms with Crippen LogP contribution < -0.4 is 4.74 Å². The molecule has 0 atom stereocenters. The Morgan fingerprint density at radius 3 is 2.10 bits per heavy atom. The number of ketones is 1. The van der Waals surface area contributed by atoms with Gasteiger partial charge in [-0.3, -0.25) is 4.79 Å². The molecule has 20 heavy (non-hydrogen) atoms. The fraction of sp³-hybridized carbons (Fsp3) is 0.133. The molecular formula is C15H11F3O2. The van der Waals surface area contributed by atoms with Gasteiger partial charge in [-0.15, -0.1) is 0 Å². The van der Waals surface area contributed by atoms with Gasteiger partial charge in [0.25, 0.3) is 5.78 Å². The van der Waals surface area contributed by atoms with Crippen molar-refractivity contribution in [3.63, 3.8) is 0 Å². The first-order valence-corrected chi connectivity index (χ1v) is 5.85. The number of ether oxygens (including phenoxy) is 1. The Bertz CT molecular complexity index is 574. The van der Waals surface area contributed by atoms with Gasteiger partial charge < -0.3 is 4.74 Å². The zero-order valence-corrected chi connectivity index (χ0v) is 10.4. The Morgan fingerprint density at radius 1 is 0.950 bits per heavy atom. The predicted octanol–water partition coefficient (Wildman–Crippen LogP) is 4.01. The molecule has 0 aliphatic carbocycles. The molecule has 0 unspecified atom stereocenters. The van der Waals surface area contributed by atoms with Crippen LogP contribution >= 0.6 is 0 Å². The van der Waals surface area contributed by atoms with E-state index in [1.807, 2.05) is 30.3 Å². The molecule has 2 nitrogen and oxygen atoms in total. The van der Waals surface area contributed by atoms with Gasteiger partial charge in [0.1, 0.15) is 12.4 Å². The van der Waals surface area contributed by atoms with Gasteiger partial charge in [0.2, 0.25) is 0 Å². The maximum absolute atomic E-state index is 12.2. The van der Waals surface area contributed by atoms with E-state index in [0.29, 0.717) is 12.4 Å². The second-order valence-electron chi connectivity index (χ2n) is 4.13. The van der Waals surface area contributed by atoms with E-state index in [0.717, 1.165) is 17.7 Å². The summed E-state index contributed by atoms with van der Waals surface area (Å²) in [4.78, 5) is 11.0. The highest BCUT2D eigenvalue weighted by Crippen LogP contribution is 2.23. The summed E-state index contributed by atoms with van der Waals surface area (Å²) in [5, 5.41) is 0. The molecular weight excluding hydrogens is 269 g/mol. The van der Waals surface area contributed by atoms with Crippen LogP contribution in [0.15, 0.2) is 54.6 Å². The number of carbonyl (C=O) groups excluding carboxylic acids is 1. The average Bonchev–Trinajstić information content (AvgIpc) is 2.45. The van der Waals surface area contributed by atoms with Crippen molar-refractivity contribution in [1.29, 1.82) is 0 Å². The van der Waals surface area contributed by atoms with Gasteiger partial charge >= 0.3 is 6.18 Å². The molecule has 0 amide bonds. The fourth-order valence-electron chi connectivity index (χ4n) is 1.61. The van der Waals surface area contributed by atoms with Crippen LogP contribution in [0.3, 0.4) is 0 Å². The lowest BCUT2D eigenvalue weighted by molar-refractivity contribution is -0.0885. The number of benzene rings is 2. The minimum absolute atomic E-state index is 0.313. The van der Waals surface area contributed by atoms with Crippen molar-refractivity contribution in [3.05, 3.63) is 65.7 Å². The van der Waals surface area contributed by atoms with Crippen molar-refractivity contribution < 1.29 is 22.7 Å². The molecule has 0 heterocycles. The van der Waals surface area contributed by atoms with Gasteiger partial charge in [-0.25, -0.2) is 0 Å². The molecule has 2 aromatic carbocycles. The molecule has 0 bridgehead atoms. The van der Waals surface area contributed by atoms with E-state index in [9.17, 15) is 18.0 Å². The van der Waals surface area contributed by atoms with Crippen molar-refractivity contribution >= 4 is 5.78 Å². The smallest absolute Gasteiger partial charge is 0.454 e. The van der Waals surface area contributed by atoms with Crippen LogP contribution in [-0.4, -0.2) is 12.0 Å². The van der Waals surface area contributed by atoms with E-state index in [4.69, 9.17) is 4.74 Å². The summed E-state index contributed by atoms with van der Waals surface area (Å²) < 4.78 is 42.1. The third kappa shape index (κ3) is 3.60. The largest absolute Gasteiger partial charge is 0.489 e. The van der Waals surface area contributed by atoms with E-state index >= 15 is 0 Å². The summed E-state index contributed by atoms with van der Waals surface area (Å²) in [6.07, 6.45) is -4.85. The highest BCUT2D eigenvalue weighted by Gasteiger charge is 2.39. The lowest BCUT2D eigenvalue weighted by atomic mass is 10.1. The Kier molecular flexibility index (Phi) is 4.08. The van der Waals surface area contributed by atoms with Crippen LogP contribution in [0.1, 0.15) is 15.9 Å². The summed E-state index contributed by atoms with van der Waals surface area (Å²) in [6, 6.07) is 14.3. The van der Waals surface area contributed by atoms with E-state index in [1.54, 1.807) is 0 Å². The number of carbonyl (C=O) groups is 1. The van der Waals surface area contributed by atoms with Crippen molar-refractivity contribution in [2.45, 2.75) is 12.8 Å². The van der Waals surface area contributed by atoms with Crippen molar-refractivity contribution in [2.24, 2.45) is 0 Å². The summed E-state index contributed by atoms with van der Waals surface area (Å²) >= 11 is 0. The second-order valence-corrected chi connectivity index (χ2v) is 4.13. The molecule has 0 aliphatic heterocycles. The van der Waals surface area contributed by atoms with Gasteiger partial charge in [-0.05, 0) is 29.8 Å². The van der Waals surface area contributed by atoms with Crippen LogP contribution in [0.4, 0.5) is 13.2 Å². The predicted molar refractivity (Wildman–Crippen MR) is 67.6 cm³/mol. The number of rotatable bonds is 4. The summed E-state index contributed by atoms with van der Waals surface area (Å²) in [5.74, 6) is -1.44. The second kappa shape index (κ2) is 5.77. The third-order valence-electron chi connectivity index (χ3n) is 2.62. The number of hydrogen-bond acceptors (Lipinski definition) is 2. The summed E-state index contributed by atoms with van der Waals surface area (Å²) in [6.45, 7) is 0.313. The SMILES string of the molecule is O=C(c1ccc(OCc2ccccc2)cc1)C(F)(F)F. The van der Waals surface area contributed by atoms with Gasteiger partial charge in [0.15, 0.2) is 0 Å². The number of Topliss-reactive ketones (excluding diaryl/α,β-unsaturated/α-hetero) is 1. The van der Waals surface area contributed by atoms with E-state index in [2.05, 4.69) is 0 Å². The fourth-order valence-corrected chi connectivity index (χ4v) is 1.61. The standard InChI is InChI=1S/C15H11F3O2/c16-15(17,18)14(19)12-6-8-13(9-7-12)20-10-11-4-2-1-3-5-11/h1-9H,10H2. The van der Waals surface area contributed by atoms with Gasteiger partial charge in [0.05, 0.1) is 0 Å². The molecule has 0 aliphatic rings. The quantitative estimate of drug-likeness (QED) is 0.791. The minimum Gasteiger partial charge on any atom is -0.489 e. The molecule has 0 saturated heterocycles. The zero-order valence-electron chi connectivity index (χ0n) is 10.4. The van der Waals surface area contributed by atoms with Gasteiger partial charge in [-0.2, -0.15) is 13.2 Å². The maximum atomic E-state index is 12.2. The number of hydrogen-bond donors (Lipinski definition) is 0. The Balaban J connectivity index is 2.00. The van der Waals surface area contributed by atoms with Crippen molar-refractivity contribution in [2.75, 3.05) is 0 Å². The number of halogens is 3. The highest BCUT2D eigenvalue weighted by atomic mass is 19.4. The molecule has 0 saturated carbocycles. The van der Waals surface area contributed by atoms with E-state index in [-0.39, 0.29) is 0 Å². The maximum Gasteiger partial charge on any atom is 0.454 e. The Labute approximate surface area is 113 Å². The lowest BCUT2D eigenvalue weighted by Crippen LogP contribution is -2.22. The molecule has 0 radical (unpaired) electrons. The molecule has 0 N–H and O–H groups in total. The molecule has 0 spiro atoms. The normalized spacial score (nSPS) is 11.2. The Hall–Kier alpha value is -2.30. The first-order valence-electron chi connectivity index (χ1n) is 5.85. The van der Waals surface area contributed by atoms with Gasteiger partial charge in [0, 0.05) is 5.56 Å². The molecule has 104 valence electrons. The van der Waals surface area contributed by atoms with Crippen LogP contribution in [0, 0.1) is 0 Å². The number of alkyl halides is 3. The average molecular weight is 280 g/mol. The zero-order chi connectivity index (χ0) is 14.6. The van der Waals surface area contributed by atoms with Gasteiger partial charge in [-0.1, -0.05) is 30.3 Å². The summed E-state index contributed by atoms with van der Waals surface area (Å²) in [5.41, 5.74) is 0.549. The molecule has 5 heteroatoms. The molecule has 0 aromatic heterocycles. The monoisotopic (exact) mass is 280 g/mol. The summed E-state index contributed by atoms with van der Waals surface area (Å²) in [7, 11) is 0. The van der Waals surface area contributed by atoms with Crippen LogP contribution in [0.25, 0.3) is 0 Å². The molecule has 0 fully saturated rings. The van der Waals surface area contributed by atoms with Crippen LogP contribution in [-0.2, 0) is 6.61 Å². The molecule has 2 rings (SSSR count). The van der Waals surface area contributed by atoms with Crippen LogP contribution in [0.5, 0.6) is 5.75 Å². The minimum atomic E-state index is -4.85. The first kappa shape index (κ1) is 14.1.